The molecule has 5 heteroatoms. The number of nitrogens with zero attached hydrogens (tertiary/aromatic N) is 2. The second-order valence-electron chi connectivity index (χ2n) is 6.28. The standard InChI is InChI=1S/C15H30N4O/c1-3-7-17-15(20)12(2)19-10-6-14(11-19)18-8-4-13(16)5-9-18/h12-14H,3-11,16H2,1-2H3,(H,17,20). The summed E-state index contributed by atoms with van der Waals surface area (Å²) in [5, 5.41) is 3.00. The maximum Gasteiger partial charge on any atom is 0.237 e. The number of hydrogen-bond donors (Lipinski definition) is 2. The maximum atomic E-state index is 12.0. The first-order valence-electron chi connectivity index (χ1n) is 8.13. The smallest absolute Gasteiger partial charge is 0.237 e. The molecule has 0 radical (unpaired) electrons. The first kappa shape index (κ1) is 15.7. The summed E-state index contributed by atoms with van der Waals surface area (Å²) in [6.07, 6.45) is 4.40. The van der Waals surface area contributed by atoms with Gasteiger partial charge in [-0.1, -0.05) is 6.92 Å². The molecule has 0 aliphatic carbocycles. The molecular weight excluding hydrogens is 252 g/mol. The van der Waals surface area contributed by atoms with Gasteiger partial charge in [-0.05, 0) is 45.7 Å². The molecule has 2 aliphatic heterocycles. The number of nitrogens with two attached hydrogens (primary N) is 1. The van der Waals surface area contributed by atoms with Crippen LogP contribution in [0.4, 0.5) is 0 Å². The van der Waals surface area contributed by atoms with Gasteiger partial charge in [-0.2, -0.15) is 0 Å². The number of rotatable bonds is 5. The average Bonchev–Trinajstić information content (AvgIpc) is 2.94. The van der Waals surface area contributed by atoms with Gasteiger partial charge >= 0.3 is 0 Å². The Bertz CT molecular complexity index is 315. The third kappa shape index (κ3) is 3.93. The minimum atomic E-state index is -0.00130. The molecule has 0 saturated carbocycles. The van der Waals surface area contributed by atoms with Crippen molar-refractivity contribution in [3.63, 3.8) is 0 Å². The number of likely N-dealkylation sites (tertiary alicyclic amines) is 2. The van der Waals surface area contributed by atoms with Gasteiger partial charge in [-0.25, -0.2) is 0 Å². The zero-order valence-electron chi connectivity index (χ0n) is 13.0. The van der Waals surface area contributed by atoms with Crippen molar-refractivity contribution in [2.24, 2.45) is 5.73 Å². The van der Waals surface area contributed by atoms with Crippen molar-refractivity contribution in [3.05, 3.63) is 0 Å². The Morgan fingerprint density at radius 3 is 2.65 bits per heavy atom. The second kappa shape index (κ2) is 7.38. The van der Waals surface area contributed by atoms with E-state index in [2.05, 4.69) is 22.0 Å². The summed E-state index contributed by atoms with van der Waals surface area (Å²) in [6.45, 7) is 9.19. The quantitative estimate of drug-likeness (QED) is 0.766. The Morgan fingerprint density at radius 1 is 1.30 bits per heavy atom. The molecule has 2 fully saturated rings. The van der Waals surface area contributed by atoms with Crippen LogP contribution >= 0.6 is 0 Å². The number of nitrogens with one attached hydrogen (secondary N) is 1. The lowest BCUT2D eigenvalue weighted by Crippen LogP contribution is -2.48. The van der Waals surface area contributed by atoms with E-state index in [0.29, 0.717) is 12.1 Å². The van der Waals surface area contributed by atoms with Gasteiger partial charge in [-0.3, -0.25) is 14.6 Å². The van der Waals surface area contributed by atoms with E-state index >= 15 is 0 Å². The third-order valence-corrected chi connectivity index (χ3v) is 4.76. The summed E-state index contributed by atoms with van der Waals surface area (Å²) in [6, 6.07) is 1.00. The highest BCUT2D eigenvalue weighted by Gasteiger charge is 2.33. The molecular formula is C15H30N4O. The van der Waals surface area contributed by atoms with Crippen LogP contribution in [0.15, 0.2) is 0 Å². The summed E-state index contributed by atoms with van der Waals surface area (Å²) < 4.78 is 0. The predicted octanol–water partition coefficient (Wildman–Crippen LogP) is 0.399. The molecule has 2 saturated heterocycles. The van der Waals surface area contributed by atoms with Crippen molar-refractivity contribution in [1.82, 2.24) is 15.1 Å². The molecule has 5 nitrogen and oxygen atoms in total. The van der Waals surface area contributed by atoms with Crippen LogP contribution in [-0.4, -0.2) is 66.6 Å². The molecule has 0 aromatic heterocycles. The fourth-order valence-corrected chi connectivity index (χ4v) is 3.26. The predicted molar refractivity (Wildman–Crippen MR) is 81.5 cm³/mol. The number of hydrogen-bond acceptors (Lipinski definition) is 4. The van der Waals surface area contributed by atoms with Crippen LogP contribution < -0.4 is 11.1 Å². The maximum absolute atomic E-state index is 12.0. The molecule has 2 atom stereocenters. The molecule has 0 aromatic rings. The monoisotopic (exact) mass is 282 g/mol. The second-order valence-corrected chi connectivity index (χ2v) is 6.28. The van der Waals surface area contributed by atoms with E-state index in [0.717, 1.165) is 52.0 Å². The average molecular weight is 282 g/mol. The first-order valence-corrected chi connectivity index (χ1v) is 8.13. The molecule has 0 bridgehead atoms. The fourth-order valence-electron chi connectivity index (χ4n) is 3.26. The van der Waals surface area contributed by atoms with Gasteiger partial charge < -0.3 is 11.1 Å². The molecule has 2 unspecified atom stereocenters. The number of carbonyl (C=O) groups is 1. The fraction of sp³-hybridized carbons (Fsp3) is 0.933. The van der Waals surface area contributed by atoms with E-state index < -0.39 is 0 Å². The minimum absolute atomic E-state index is 0.00130. The van der Waals surface area contributed by atoms with E-state index in [-0.39, 0.29) is 11.9 Å². The zero-order chi connectivity index (χ0) is 14.5. The van der Waals surface area contributed by atoms with E-state index in [9.17, 15) is 4.79 Å². The SMILES string of the molecule is CCCNC(=O)C(C)N1CCC(N2CCC(N)CC2)C1. The molecule has 2 heterocycles. The van der Waals surface area contributed by atoms with Crippen LogP contribution in [0.5, 0.6) is 0 Å². The van der Waals surface area contributed by atoms with Crippen molar-refractivity contribution in [3.8, 4) is 0 Å². The Morgan fingerprint density at radius 2 is 2.00 bits per heavy atom. The molecule has 2 rings (SSSR count). The molecule has 3 N–H and O–H groups in total. The van der Waals surface area contributed by atoms with Gasteiger partial charge in [0.15, 0.2) is 0 Å². The number of amides is 1. The van der Waals surface area contributed by atoms with Crippen LogP contribution in [0, 0.1) is 0 Å². The van der Waals surface area contributed by atoms with Crippen molar-refractivity contribution in [1.29, 1.82) is 0 Å². The molecule has 1 amide bonds. The summed E-state index contributed by atoms with van der Waals surface area (Å²) in [5.41, 5.74) is 5.97. The lowest BCUT2D eigenvalue weighted by atomic mass is 10.0. The van der Waals surface area contributed by atoms with Crippen molar-refractivity contribution in [2.45, 2.75) is 57.7 Å². The Hall–Kier alpha value is -0.650. The lowest BCUT2D eigenvalue weighted by Gasteiger charge is -2.35. The Balaban J connectivity index is 1.78. The molecule has 0 aromatic carbocycles. The highest BCUT2D eigenvalue weighted by Crippen LogP contribution is 2.21. The van der Waals surface area contributed by atoms with E-state index in [1.54, 1.807) is 0 Å². The number of carbonyl (C=O) groups excluding carboxylic acids is 1. The highest BCUT2D eigenvalue weighted by atomic mass is 16.2. The highest BCUT2D eigenvalue weighted by molar-refractivity contribution is 5.81. The summed E-state index contributed by atoms with van der Waals surface area (Å²) in [5.74, 6) is 0.174. The minimum Gasteiger partial charge on any atom is -0.355 e. The number of piperidine rings is 1. The van der Waals surface area contributed by atoms with E-state index in [1.165, 1.54) is 6.42 Å². The van der Waals surface area contributed by atoms with Crippen molar-refractivity contribution >= 4 is 5.91 Å². The lowest BCUT2D eigenvalue weighted by molar-refractivity contribution is -0.125. The van der Waals surface area contributed by atoms with E-state index in [4.69, 9.17) is 5.73 Å². The van der Waals surface area contributed by atoms with Crippen LogP contribution in [0.25, 0.3) is 0 Å². The summed E-state index contributed by atoms with van der Waals surface area (Å²) in [4.78, 5) is 16.9. The molecule has 2 aliphatic rings. The summed E-state index contributed by atoms with van der Waals surface area (Å²) in [7, 11) is 0. The molecule has 116 valence electrons. The third-order valence-electron chi connectivity index (χ3n) is 4.76. The topological polar surface area (TPSA) is 61.6 Å². The Kier molecular flexibility index (Phi) is 5.81. The van der Waals surface area contributed by atoms with Gasteiger partial charge in [0.2, 0.25) is 5.91 Å². The van der Waals surface area contributed by atoms with Gasteiger partial charge in [0.1, 0.15) is 0 Å². The van der Waals surface area contributed by atoms with Crippen molar-refractivity contribution in [2.75, 3.05) is 32.7 Å². The van der Waals surface area contributed by atoms with Crippen molar-refractivity contribution < 1.29 is 4.79 Å². The van der Waals surface area contributed by atoms with Crippen LogP contribution in [0.2, 0.25) is 0 Å². The van der Waals surface area contributed by atoms with E-state index in [1.807, 2.05) is 6.92 Å². The van der Waals surface area contributed by atoms with Crippen LogP contribution in [0.3, 0.4) is 0 Å². The normalized spacial score (nSPS) is 27.6. The van der Waals surface area contributed by atoms with Crippen LogP contribution in [-0.2, 0) is 4.79 Å². The van der Waals surface area contributed by atoms with Crippen LogP contribution in [0.1, 0.15) is 39.5 Å². The van der Waals surface area contributed by atoms with Gasteiger partial charge in [0, 0.05) is 31.7 Å². The molecule has 0 spiro atoms. The van der Waals surface area contributed by atoms with Gasteiger partial charge in [0.05, 0.1) is 6.04 Å². The van der Waals surface area contributed by atoms with Gasteiger partial charge in [-0.15, -0.1) is 0 Å². The Labute approximate surface area is 122 Å². The molecule has 20 heavy (non-hydrogen) atoms. The first-order chi connectivity index (χ1) is 9.61. The van der Waals surface area contributed by atoms with Gasteiger partial charge in [0.25, 0.3) is 0 Å². The summed E-state index contributed by atoms with van der Waals surface area (Å²) >= 11 is 0. The largest absolute Gasteiger partial charge is 0.355 e. The zero-order valence-corrected chi connectivity index (χ0v) is 13.0.